The van der Waals surface area contributed by atoms with Gasteiger partial charge >= 0.3 is 5.97 Å². The number of aromatic nitrogens is 1. The highest BCUT2D eigenvalue weighted by molar-refractivity contribution is 7.22. The van der Waals surface area contributed by atoms with Crippen LogP contribution in [-0.4, -0.2) is 48.1 Å². The number of anilines is 1. The molecule has 5 nitrogen and oxygen atoms in total. The zero-order valence-electron chi connectivity index (χ0n) is 18.7. The van der Waals surface area contributed by atoms with Crippen LogP contribution >= 0.6 is 22.9 Å². The van der Waals surface area contributed by atoms with Gasteiger partial charge in [-0.25, -0.2) is 4.98 Å². The van der Waals surface area contributed by atoms with E-state index in [1.54, 1.807) is 11.3 Å². The Kier molecular flexibility index (Phi) is 7.66. The number of hydrogen-bond donors (Lipinski definition) is 0. The third kappa shape index (κ3) is 5.61. The summed E-state index contributed by atoms with van der Waals surface area (Å²) in [6.07, 6.45) is 2.60. The summed E-state index contributed by atoms with van der Waals surface area (Å²) in [6.45, 7) is 8.34. The lowest BCUT2D eigenvalue weighted by molar-refractivity contribution is -0.142. The van der Waals surface area contributed by atoms with Gasteiger partial charge in [-0.05, 0) is 42.7 Å². The van der Waals surface area contributed by atoms with Crippen molar-refractivity contribution in [1.82, 2.24) is 9.88 Å². The van der Waals surface area contributed by atoms with Gasteiger partial charge in [0.25, 0.3) is 0 Å². The number of halogens is 1. The molecule has 0 amide bonds. The van der Waals surface area contributed by atoms with E-state index in [0.29, 0.717) is 19.1 Å². The number of fused-ring (bicyclic) bond motifs is 1. The van der Waals surface area contributed by atoms with Crippen molar-refractivity contribution in [3.63, 3.8) is 0 Å². The van der Waals surface area contributed by atoms with E-state index in [1.165, 1.54) is 5.56 Å². The Morgan fingerprint density at radius 1 is 1.19 bits per heavy atom. The molecule has 2 aromatic carbocycles. The van der Waals surface area contributed by atoms with Crippen molar-refractivity contribution in [2.24, 2.45) is 0 Å². The summed E-state index contributed by atoms with van der Waals surface area (Å²) in [4.78, 5) is 21.7. The van der Waals surface area contributed by atoms with Crippen molar-refractivity contribution in [1.29, 1.82) is 0 Å². The number of esters is 1. The monoisotopic (exact) mass is 471 g/mol. The molecule has 4 rings (SSSR count). The summed E-state index contributed by atoms with van der Waals surface area (Å²) >= 11 is 7.91. The molecule has 0 aliphatic carbocycles. The van der Waals surface area contributed by atoms with Gasteiger partial charge in [-0.15, -0.1) is 0 Å². The van der Waals surface area contributed by atoms with Crippen LogP contribution in [-0.2, 0) is 22.5 Å². The van der Waals surface area contributed by atoms with Crippen molar-refractivity contribution in [2.75, 3.05) is 31.1 Å². The van der Waals surface area contributed by atoms with E-state index < -0.39 is 0 Å². The van der Waals surface area contributed by atoms with E-state index in [1.807, 2.05) is 37.3 Å². The number of rotatable bonds is 8. The van der Waals surface area contributed by atoms with E-state index in [4.69, 9.17) is 21.3 Å². The Balaban J connectivity index is 1.44. The Morgan fingerprint density at radius 3 is 2.84 bits per heavy atom. The van der Waals surface area contributed by atoms with Crippen molar-refractivity contribution in [3.8, 4) is 0 Å². The van der Waals surface area contributed by atoms with Crippen molar-refractivity contribution >= 4 is 44.3 Å². The van der Waals surface area contributed by atoms with E-state index in [-0.39, 0.29) is 5.97 Å². The van der Waals surface area contributed by atoms with Crippen LogP contribution in [0.2, 0.25) is 5.02 Å². The number of ether oxygens (including phenoxy) is 1. The lowest BCUT2D eigenvalue weighted by Crippen LogP contribution is -2.52. The lowest BCUT2D eigenvalue weighted by Gasteiger charge is -2.41. The van der Waals surface area contributed by atoms with E-state index >= 15 is 0 Å². The molecule has 1 atom stereocenters. The maximum absolute atomic E-state index is 11.8. The fraction of sp³-hybridized carbons (Fsp3) is 0.440. The summed E-state index contributed by atoms with van der Waals surface area (Å²) in [5.74, 6) is -0.168. The quantitative estimate of drug-likeness (QED) is 0.403. The van der Waals surface area contributed by atoms with Gasteiger partial charge in [0.1, 0.15) is 0 Å². The van der Waals surface area contributed by atoms with Crippen molar-refractivity contribution in [2.45, 2.75) is 45.7 Å². The minimum Gasteiger partial charge on any atom is -0.466 e. The zero-order valence-corrected chi connectivity index (χ0v) is 20.3. The van der Waals surface area contributed by atoms with Crippen LogP contribution in [0.3, 0.4) is 0 Å². The minimum atomic E-state index is -0.168. The largest absolute Gasteiger partial charge is 0.466 e. The topological polar surface area (TPSA) is 45.7 Å². The Labute approximate surface area is 199 Å². The molecule has 0 spiro atoms. The average Bonchev–Trinajstić information content (AvgIpc) is 3.17. The van der Waals surface area contributed by atoms with Gasteiger partial charge in [0.05, 0.1) is 23.2 Å². The van der Waals surface area contributed by atoms with Gasteiger partial charge in [0.15, 0.2) is 5.13 Å². The second kappa shape index (κ2) is 10.6. The lowest BCUT2D eigenvalue weighted by atomic mass is 10.0. The van der Waals surface area contributed by atoms with Crippen LogP contribution in [0.4, 0.5) is 5.13 Å². The van der Waals surface area contributed by atoms with Crippen LogP contribution in [0, 0.1) is 0 Å². The predicted molar refractivity (Wildman–Crippen MR) is 133 cm³/mol. The molecule has 3 aromatic rings. The first kappa shape index (κ1) is 23.0. The number of hydrogen-bond acceptors (Lipinski definition) is 6. The number of carbonyl (C=O) groups is 1. The molecule has 2 heterocycles. The molecule has 0 radical (unpaired) electrons. The second-order valence-corrected chi connectivity index (χ2v) is 9.73. The standard InChI is InChI=1S/C25H30ClN3O2S/c1-3-6-21-17-28(16-19-8-5-7-18(13-19)14-24(30)31-4-2)11-12-29(21)25-27-22-10-9-20(26)15-23(22)32-25/h5,7-10,13,15,21H,3-4,6,11-12,14,16-17H2,1-2H3/t21-/m0/s1. The third-order valence-electron chi connectivity index (χ3n) is 5.83. The molecule has 0 bridgehead atoms. The van der Waals surface area contributed by atoms with Gasteiger partial charge in [-0.3, -0.25) is 9.69 Å². The highest BCUT2D eigenvalue weighted by atomic mass is 35.5. The Bertz CT molecular complexity index is 1070. The number of carbonyl (C=O) groups excluding carboxylic acids is 1. The summed E-state index contributed by atoms with van der Waals surface area (Å²) < 4.78 is 6.23. The summed E-state index contributed by atoms with van der Waals surface area (Å²) in [5, 5.41) is 1.85. The molecule has 1 aliphatic rings. The molecule has 32 heavy (non-hydrogen) atoms. The molecule has 0 N–H and O–H groups in total. The van der Waals surface area contributed by atoms with Crippen LogP contribution in [0.15, 0.2) is 42.5 Å². The van der Waals surface area contributed by atoms with E-state index in [0.717, 1.165) is 65.0 Å². The SMILES string of the molecule is CCC[C@H]1CN(Cc2cccc(CC(=O)OCC)c2)CCN1c1nc2ccc(Cl)cc2s1. The molecule has 1 saturated heterocycles. The number of thiazole rings is 1. The normalized spacial score (nSPS) is 17.1. The van der Waals surface area contributed by atoms with Gasteiger partial charge in [-0.1, -0.05) is 60.5 Å². The second-order valence-electron chi connectivity index (χ2n) is 8.28. The van der Waals surface area contributed by atoms with Crippen molar-refractivity contribution in [3.05, 3.63) is 58.6 Å². The van der Waals surface area contributed by atoms with Crippen LogP contribution in [0.5, 0.6) is 0 Å². The van der Waals surface area contributed by atoms with Crippen LogP contribution in [0.25, 0.3) is 10.2 Å². The first-order valence-electron chi connectivity index (χ1n) is 11.3. The van der Waals surface area contributed by atoms with Gasteiger partial charge in [-0.2, -0.15) is 0 Å². The number of benzene rings is 2. The predicted octanol–water partition coefficient (Wildman–Crippen LogP) is 5.55. The Morgan fingerprint density at radius 2 is 2.03 bits per heavy atom. The van der Waals surface area contributed by atoms with E-state index in [9.17, 15) is 4.79 Å². The molecule has 7 heteroatoms. The van der Waals surface area contributed by atoms with Gasteiger partial charge in [0.2, 0.25) is 0 Å². The van der Waals surface area contributed by atoms with E-state index in [2.05, 4.69) is 28.9 Å². The summed E-state index contributed by atoms with van der Waals surface area (Å²) in [7, 11) is 0. The molecular weight excluding hydrogens is 442 g/mol. The zero-order chi connectivity index (χ0) is 22.5. The summed E-state index contributed by atoms with van der Waals surface area (Å²) in [6, 6.07) is 14.7. The highest BCUT2D eigenvalue weighted by Gasteiger charge is 2.28. The van der Waals surface area contributed by atoms with Gasteiger partial charge < -0.3 is 9.64 Å². The summed E-state index contributed by atoms with van der Waals surface area (Å²) in [5.41, 5.74) is 3.27. The minimum absolute atomic E-state index is 0.168. The average molecular weight is 472 g/mol. The highest BCUT2D eigenvalue weighted by Crippen LogP contribution is 2.33. The van der Waals surface area contributed by atoms with Gasteiger partial charge in [0, 0.05) is 37.2 Å². The number of piperazine rings is 1. The first-order valence-corrected chi connectivity index (χ1v) is 12.5. The fourth-order valence-corrected chi connectivity index (χ4v) is 5.72. The maximum Gasteiger partial charge on any atom is 0.310 e. The molecule has 0 saturated carbocycles. The molecule has 1 fully saturated rings. The molecule has 170 valence electrons. The molecule has 1 aliphatic heterocycles. The fourth-order valence-electron chi connectivity index (χ4n) is 4.38. The number of nitrogens with zero attached hydrogens (tertiary/aromatic N) is 3. The van der Waals surface area contributed by atoms with Crippen molar-refractivity contribution < 1.29 is 9.53 Å². The Hall–Kier alpha value is -2.15. The van der Waals surface area contributed by atoms with Crippen LogP contribution < -0.4 is 4.90 Å². The first-order chi connectivity index (χ1) is 15.6. The maximum atomic E-state index is 11.8. The molecule has 0 unspecified atom stereocenters. The third-order valence-corrected chi connectivity index (χ3v) is 7.12. The molecule has 1 aromatic heterocycles. The van der Waals surface area contributed by atoms with Crippen LogP contribution in [0.1, 0.15) is 37.8 Å². The molecular formula is C25H30ClN3O2S. The smallest absolute Gasteiger partial charge is 0.310 e.